The molecule has 0 aliphatic rings. The Hall–Kier alpha value is -1.43. The second-order valence-electron chi connectivity index (χ2n) is 3.67. The Kier molecular flexibility index (Phi) is 5.27. The predicted molar refractivity (Wildman–Crippen MR) is 64.6 cm³/mol. The van der Waals surface area contributed by atoms with E-state index < -0.39 is 18.7 Å². The number of aliphatic hydroxyl groups is 2. The summed E-state index contributed by atoms with van der Waals surface area (Å²) in [7, 11) is 0. The monoisotopic (exact) mass is 272 g/mol. The Morgan fingerprint density at radius 2 is 2.00 bits per heavy atom. The molecule has 0 heterocycles. The van der Waals surface area contributed by atoms with E-state index in [4.69, 9.17) is 21.8 Å². The van der Waals surface area contributed by atoms with Crippen LogP contribution in [0.4, 0.5) is 0 Å². The molecule has 0 aromatic heterocycles. The van der Waals surface area contributed by atoms with Gasteiger partial charge in [0.1, 0.15) is 0 Å². The van der Waals surface area contributed by atoms with Crippen LogP contribution in [-0.4, -0.2) is 33.0 Å². The zero-order valence-electron chi connectivity index (χ0n) is 9.47. The van der Waals surface area contributed by atoms with Gasteiger partial charge < -0.3 is 15.3 Å². The number of rotatable bonds is 6. The molecule has 1 aromatic carbocycles. The third-order valence-electron chi connectivity index (χ3n) is 2.49. The standard InChI is InChI=1S/C12H13ClO5/c13-4-3-10(15)7-1-2-8(6-14)9(5-7)11(16)12(17)18/h1-2,5,11,14,16H,3-4,6H2,(H,17,18). The lowest BCUT2D eigenvalue weighted by atomic mass is 9.97. The van der Waals surface area contributed by atoms with E-state index in [1.807, 2.05) is 0 Å². The van der Waals surface area contributed by atoms with Gasteiger partial charge in [0, 0.05) is 17.9 Å². The minimum absolute atomic E-state index is 0.0189. The second kappa shape index (κ2) is 6.49. The number of benzene rings is 1. The quantitative estimate of drug-likeness (QED) is 0.533. The highest BCUT2D eigenvalue weighted by molar-refractivity contribution is 6.19. The normalized spacial score (nSPS) is 12.2. The number of hydrogen-bond acceptors (Lipinski definition) is 4. The first-order valence-corrected chi connectivity index (χ1v) is 5.78. The Morgan fingerprint density at radius 3 is 2.50 bits per heavy atom. The first-order chi connectivity index (χ1) is 8.51. The van der Waals surface area contributed by atoms with Crippen LogP contribution in [0.25, 0.3) is 0 Å². The van der Waals surface area contributed by atoms with E-state index in [2.05, 4.69) is 0 Å². The van der Waals surface area contributed by atoms with Gasteiger partial charge in [0.2, 0.25) is 0 Å². The maximum atomic E-state index is 11.6. The van der Waals surface area contributed by atoms with E-state index in [1.165, 1.54) is 18.2 Å². The molecule has 1 unspecified atom stereocenters. The number of hydrogen-bond donors (Lipinski definition) is 3. The van der Waals surface area contributed by atoms with Gasteiger partial charge in [-0.15, -0.1) is 11.6 Å². The fraction of sp³-hybridized carbons (Fsp3) is 0.333. The minimum Gasteiger partial charge on any atom is -0.479 e. The van der Waals surface area contributed by atoms with Gasteiger partial charge in [-0.2, -0.15) is 0 Å². The summed E-state index contributed by atoms with van der Waals surface area (Å²) in [6.07, 6.45) is -1.64. The Morgan fingerprint density at radius 1 is 1.33 bits per heavy atom. The maximum absolute atomic E-state index is 11.6. The molecule has 5 nitrogen and oxygen atoms in total. The topological polar surface area (TPSA) is 94.8 Å². The highest BCUT2D eigenvalue weighted by atomic mass is 35.5. The van der Waals surface area contributed by atoms with Gasteiger partial charge in [0.05, 0.1) is 6.61 Å². The molecule has 3 N–H and O–H groups in total. The van der Waals surface area contributed by atoms with Crippen LogP contribution < -0.4 is 0 Å². The second-order valence-corrected chi connectivity index (χ2v) is 4.05. The van der Waals surface area contributed by atoms with Gasteiger partial charge in [-0.25, -0.2) is 4.79 Å². The highest BCUT2D eigenvalue weighted by Crippen LogP contribution is 2.21. The number of carboxylic acids is 1. The average Bonchev–Trinajstić information content (AvgIpc) is 2.37. The van der Waals surface area contributed by atoms with Crippen LogP contribution in [0.5, 0.6) is 0 Å². The number of ketones is 1. The largest absolute Gasteiger partial charge is 0.479 e. The smallest absolute Gasteiger partial charge is 0.337 e. The van der Waals surface area contributed by atoms with Gasteiger partial charge >= 0.3 is 5.97 Å². The first-order valence-electron chi connectivity index (χ1n) is 5.25. The summed E-state index contributed by atoms with van der Waals surface area (Å²) >= 11 is 5.45. The zero-order valence-corrected chi connectivity index (χ0v) is 10.2. The molecule has 0 saturated carbocycles. The van der Waals surface area contributed by atoms with Crippen molar-refractivity contribution in [1.82, 2.24) is 0 Å². The lowest BCUT2D eigenvalue weighted by molar-refractivity contribution is -0.147. The number of halogens is 1. The van der Waals surface area contributed by atoms with Crippen molar-refractivity contribution in [3.05, 3.63) is 34.9 Å². The van der Waals surface area contributed by atoms with Crippen LogP contribution in [0.15, 0.2) is 18.2 Å². The van der Waals surface area contributed by atoms with Crippen LogP contribution >= 0.6 is 11.6 Å². The SMILES string of the molecule is O=C(CCCl)c1ccc(CO)c(C(O)C(=O)O)c1. The maximum Gasteiger partial charge on any atom is 0.337 e. The molecular weight excluding hydrogens is 260 g/mol. The lowest BCUT2D eigenvalue weighted by Crippen LogP contribution is -2.14. The van der Waals surface area contributed by atoms with Crippen LogP contribution in [0.1, 0.15) is 34.0 Å². The molecule has 98 valence electrons. The molecule has 0 bridgehead atoms. The molecule has 1 atom stereocenters. The third kappa shape index (κ3) is 3.29. The Bertz CT molecular complexity index is 458. The summed E-state index contributed by atoms with van der Waals surface area (Å²) in [6.45, 7) is -0.413. The van der Waals surface area contributed by atoms with Crippen LogP contribution in [0, 0.1) is 0 Å². The molecule has 0 aliphatic carbocycles. The molecule has 18 heavy (non-hydrogen) atoms. The number of carbonyl (C=O) groups excluding carboxylic acids is 1. The van der Waals surface area contributed by atoms with Crippen molar-refractivity contribution in [2.24, 2.45) is 0 Å². The fourth-order valence-corrected chi connectivity index (χ4v) is 1.70. The summed E-state index contributed by atoms with van der Waals surface area (Å²) in [5, 5.41) is 27.3. The van der Waals surface area contributed by atoms with Crippen molar-refractivity contribution in [2.75, 3.05) is 5.88 Å². The highest BCUT2D eigenvalue weighted by Gasteiger charge is 2.20. The molecule has 6 heteroatoms. The zero-order chi connectivity index (χ0) is 13.7. The van der Waals surface area contributed by atoms with Gasteiger partial charge in [0.15, 0.2) is 11.9 Å². The fourth-order valence-electron chi connectivity index (χ4n) is 1.53. The summed E-state index contributed by atoms with van der Waals surface area (Å²) in [4.78, 5) is 22.4. The van der Waals surface area contributed by atoms with E-state index in [0.29, 0.717) is 0 Å². The number of carboxylic acid groups (broad SMARTS) is 1. The third-order valence-corrected chi connectivity index (χ3v) is 2.68. The van der Waals surface area contributed by atoms with Crippen LogP contribution in [0.3, 0.4) is 0 Å². The lowest BCUT2D eigenvalue weighted by Gasteiger charge is -2.12. The number of alkyl halides is 1. The molecule has 1 rings (SSSR count). The minimum atomic E-state index is -1.77. The van der Waals surface area contributed by atoms with Crippen LogP contribution in [0.2, 0.25) is 0 Å². The summed E-state index contributed by atoms with van der Waals surface area (Å²) in [6, 6.07) is 4.17. The van der Waals surface area contributed by atoms with Crippen molar-refractivity contribution >= 4 is 23.4 Å². The van der Waals surface area contributed by atoms with Crippen molar-refractivity contribution in [3.63, 3.8) is 0 Å². The Labute approximate surface area is 109 Å². The van der Waals surface area contributed by atoms with E-state index >= 15 is 0 Å². The number of aliphatic hydroxyl groups excluding tert-OH is 2. The molecule has 0 amide bonds. The number of Topliss-reactive ketones (excluding diaryl/α,β-unsaturated/α-hetero) is 1. The first kappa shape index (κ1) is 14.6. The van der Waals surface area contributed by atoms with Crippen molar-refractivity contribution < 1.29 is 24.9 Å². The van der Waals surface area contributed by atoms with E-state index in [-0.39, 0.29) is 34.8 Å². The molecule has 0 fully saturated rings. The van der Waals surface area contributed by atoms with Gasteiger partial charge in [-0.1, -0.05) is 12.1 Å². The summed E-state index contributed by atoms with van der Waals surface area (Å²) in [5.41, 5.74) is 0.556. The molecule has 1 aromatic rings. The van der Waals surface area contributed by atoms with Crippen LogP contribution in [-0.2, 0) is 11.4 Å². The molecule has 0 radical (unpaired) electrons. The van der Waals surface area contributed by atoms with E-state index in [9.17, 15) is 14.7 Å². The average molecular weight is 273 g/mol. The van der Waals surface area contributed by atoms with Crippen molar-refractivity contribution in [2.45, 2.75) is 19.1 Å². The van der Waals surface area contributed by atoms with Crippen molar-refractivity contribution in [1.29, 1.82) is 0 Å². The van der Waals surface area contributed by atoms with Gasteiger partial charge in [0.25, 0.3) is 0 Å². The molecule has 0 saturated heterocycles. The predicted octanol–water partition coefficient (Wildman–Crippen LogP) is 1.11. The molecular formula is C12H13ClO5. The van der Waals surface area contributed by atoms with Gasteiger partial charge in [-0.05, 0) is 17.2 Å². The van der Waals surface area contributed by atoms with E-state index in [1.54, 1.807) is 0 Å². The molecule has 0 spiro atoms. The summed E-state index contributed by atoms with van der Waals surface area (Å²) < 4.78 is 0. The number of aliphatic carboxylic acids is 1. The number of carbonyl (C=O) groups is 2. The van der Waals surface area contributed by atoms with Gasteiger partial charge in [-0.3, -0.25) is 4.79 Å². The summed E-state index contributed by atoms with van der Waals surface area (Å²) in [5.74, 6) is -1.52. The van der Waals surface area contributed by atoms with E-state index in [0.717, 1.165) is 0 Å². The van der Waals surface area contributed by atoms with Crippen molar-refractivity contribution in [3.8, 4) is 0 Å². The molecule has 0 aliphatic heterocycles. The Balaban J connectivity index is 3.17.